The second kappa shape index (κ2) is 5.02. The van der Waals surface area contributed by atoms with Crippen molar-refractivity contribution in [3.05, 3.63) is 0 Å². The van der Waals surface area contributed by atoms with Gasteiger partial charge < -0.3 is 10.6 Å². The maximum atomic E-state index is 11.5. The minimum Gasteiger partial charge on any atom is -0.332 e. The first kappa shape index (κ1) is 11.1. The summed E-state index contributed by atoms with van der Waals surface area (Å²) in [6, 6.07) is 0.167. The minimum absolute atomic E-state index is 0.0575. The molecule has 3 nitrogen and oxygen atoms in total. The smallest absolute Gasteiger partial charge is 0.298 e. The van der Waals surface area contributed by atoms with Gasteiger partial charge in [0.1, 0.15) is 0 Å². The van der Waals surface area contributed by atoms with Crippen LogP contribution in [0.5, 0.6) is 0 Å². The average Bonchev–Trinajstić information content (AvgIpc) is 2.18. The number of nitrogens with two attached hydrogens (primary N) is 1. The summed E-state index contributed by atoms with van der Waals surface area (Å²) < 4.78 is 0. The van der Waals surface area contributed by atoms with E-state index in [0.29, 0.717) is 5.92 Å². The molecule has 3 heteroatoms. The van der Waals surface area contributed by atoms with Gasteiger partial charge in [0.15, 0.2) is 0 Å². The Kier molecular flexibility index (Phi) is 3.97. The predicted molar refractivity (Wildman–Crippen MR) is 56.4 cm³/mol. The van der Waals surface area contributed by atoms with Crippen molar-refractivity contribution in [3.8, 4) is 11.8 Å². The molecule has 0 aromatic heterocycles. The highest BCUT2D eigenvalue weighted by Crippen LogP contribution is 2.18. The number of hydrogen-bond acceptors (Lipinski definition) is 2. The van der Waals surface area contributed by atoms with Gasteiger partial charge in [0.2, 0.25) is 0 Å². The number of likely N-dealkylation sites (tertiary alicyclic amines) is 1. The van der Waals surface area contributed by atoms with Gasteiger partial charge in [-0.1, -0.05) is 5.92 Å². The molecule has 1 aliphatic rings. The Labute approximate surface area is 85.6 Å². The molecule has 0 bridgehead atoms. The van der Waals surface area contributed by atoms with Gasteiger partial charge >= 0.3 is 0 Å². The molecule has 1 aliphatic heterocycles. The molecule has 1 amide bonds. The Balaban J connectivity index is 2.54. The fourth-order valence-electron chi connectivity index (χ4n) is 1.81. The molecule has 14 heavy (non-hydrogen) atoms. The normalized spacial score (nSPS) is 23.6. The standard InChI is InChI=1S/C11H18N2O/c1-3-5-11(14)13-7-4-6-10(8-13)9(2)12/h9-10H,4,6-8,12H2,1-2H3. The summed E-state index contributed by atoms with van der Waals surface area (Å²) in [6.07, 6.45) is 2.17. The second-order valence-electron chi connectivity index (χ2n) is 3.89. The van der Waals surface area contributed by atoms with E-state index in [2.05, 4.69) is 11.8 Å². The van der Waals surface area contributed by atoms with Crippen molar-refractivity contribution < 1.29 is 4.79 Å². The van der Waals surface area contributed by atoms with Crippen LogP contribution in [0.2, 0.25) is 0 Å². The number of hydrogen-bond donors (Lipinski definition) is 1. The zero-order chi connectivity index (χ0) is 10.6. The maximum absolute atomic E-state index is 11.5. The van der Waals surface area contributed by atoms with E-state index in [-0.39, 0.29) is 11.9 Å². The lowest BCUT2D eigenvalue weighted by molar-refractivity contribution is -0.126. The molecule has 2 atom stereocenters. The number of amides is 1. The van der Waals surface area contributed by atoms with E-state index >= 15 is 0 Å². The van der Waals surface area contributed by atoms with Gasteiger partial charge in [-0.3, -0.25) is 4.79 Å². The zero-order valence-corrected chi connectivity index (χ0v) is 8.92. The molecule has 2 unspecified atom stereocenters. The quantitative estimate of drug-likeness (QED) is 0.621. The molecular weight excluding hydrogens is 176 g/mol. The van der Waals surface area contributed by atoms with Gasteiger partial charge in [-0.05, 0) is 38.5 Å². The van der Waals surface area contributed by atoms with E-state index in [1.165, 1.54) is 0 Å². The summed E-state index contributed by atoms with van der Waals surface area (Å²) in [4.78, 5) is 13.3. The summed E-state index contributed by atoms with van der Waals surface area (Å²) in [7, 11) is 0. The number of rotatable bonds is 1. The number of nitrogens with zero attached hydrogens (tertiary/aromatic N) is 1. The molecule has 0 radical (unpaired) electrons. The first-order chi connectivity index (χ1) is 6.65. The molecule has 1 fully saturated rings. The highest BCUT2D eigenvalue weighted by molar-refractivity contribution is 5.93. The van der Waals surface area contributed by atoms with Gasteiger partial charge in [0, 0.05) is 19.1 Å². The summed E-state index contributed by atoms with van der Waals surface area (Å²) in [6.45, 7) is 5.29. The fraction of sp³-hybridized carbons (Fsp3) is 0.727. The van der Waals surface area contributed by atoms with Gasteiger partial charge in [0.25, 0.3) is 5.91 Å². The van der Waals surface area contributed by atoms with E-state index in [0.717, 1.165) is 25.9 Å². The minimum atomic E-state index is -0.0575. The molecule has 0 spiro atoms. The molecule has 0 aromatic carbocycles. The molecular formula is C11H18N2O. The fourth-order valence-corrected chi connectivity index (χ4v) is 1.81. The third-order valence-corrected chi connectivity index (χ3v) is 2.72. The van der Waals surface area contributed by atoms with Crippen molar-refractivity contribution in [1.29, 1.82) is 0 Å². The predicted octanol–water partition coefficient (Wildman–Crippen LogP) is 0.596. The van der Waals surface area contributed by atoms with Crippen LogP contribution in [0.3, 0.4) is 0 Å². The molecule has 1 saturated heterocycles. The Bertz CT molecular complexity index is 262. The second-order valence-corrected chi connectivity index (χ2v) is 3.89. The first-order valence-corrected chi connectivity index (χ1v) is 5.12. The van der Waals surface area contributed by atoms with Gasteiger partial charge in [-0.25, -0.2) is 0 Å². The molecule has 2 N–H and O–H groups in total. The largest absolute Gasteiger partial charge is 0.332 e. The molecule has 0 aliphatic carbocycles. The van der Waals surface area contributed by atoms with Crippen LogP contribution in [-0.2, 0) is 4.79 Å². The van der Waals surface area contributed by atoms with E-state index in [4.69, 9.17) is 5.73 Å². The summed E-state index contributed by atoms with van der Waals surface area (Å²) in [5, 5.41) is 0. The lowest BCUT2D eigenvalue weighted by atomic mass is 9.92. The first-order valence-electron chi connectivity index (χ1n) is 5.12. The van der Waals surface area contributed by atoms with Crippen molar-refractivity contribution in [3.63, 3.8) is 0 Å². The number of piperidine rings is 1. The zero-order valence-electron chi connectivity index (χ0n) is 8.92. The monoisotopic (exact) mass is 194 g/mol. The van der Waals surface area contributed by atoms with Crippen LogP contribution in [0, 0.1) is 17.8 Å². The van der Waals surface area contributed by atoms with Crippen LogP contribution in [0.15, 0.2) is 0 Å². The van der Waals surface area contributed by atoms with Crippen molar-refractivity contribution in [1.82, 2.24) is 4.90 Å². The van der Waals surface area contributed by atoms with Crippen molar-refractivity contribution >= 4 is 5.91 Å². The van der Waals surface area contributed by atoms with Crippen molar-refractivity contribution in [2.75, 3.05) is 13.1 Å². The lowest BCUT2D eigenvalue weighted by Crippen LogP contribution is -2.44. The Morgan fingerprint density at radius 1 is 1.64 bits per heavy atom. The molecule has 78 valence electrons. The topological polar surface area (TPSA) is 46.3 Å². The number of carbonyl (C=O) groups excluding carboxylic acids is 1. The van der Waals surface area contributed by atoms with Gasteiger partial charge in [-0.2, -0.15) is 0 Å². The summed E-state index contributed by atoms with van der Waals surface area (Å²) in [5.41, 5.74) is 5.83. The molecule has 0 saturated carbocycles. The average molecular weight is 194 g/mol. The van der Waals surface area contributed by atoms with Crippen molar-refractivity contribution in [2.45, 2.75) is 32.7 Å². The highest BCUT2D eigenvalue weighted by Gasteiger charge is 2.24. The van der Waals surface area contributed by atoms with Crippen LogP contribution in [0.25, 0.3) is 0 Å². The SMILES string of the molecule is CC#CC(=O)N1CCCC(C(C)N)C1. The lowest BCUT2D eigenvalue weighted by Gasteiger charge is -2.33. The highest BCUT2D eigenvalue weighted by atomic mass is 16.2. The Morgan fingerprint density at radius 2 is 2.36 bits per heavy atom. The van der Waals surface area contributed by atoms with E-state index in [1.807, 2.05) is 11.8 Å². The summed E-state index contributed by atoms with van der Waals surface area (Å²) in [5.74, 6) is 5.59. The van der Waals surface area contributed by atoms with E-state index < -0.39 is 0 Å². The maximum Gasteiger partial charge on any atom is 0.298 e. The van der Waals surface area contributed by atoms with Gasteiger partial charge in [0.05, 0.1) is 0 Å². The third kappa shape index (κ3) is 2.74. The van der Waals surface area contributed by atoms with Gasteiger partial charge in [-0.15, -0.1) is 0 Å². The summed E-state index contributed by atoms with van der Waals surface area (Å²) >= 11 is 0. The number of carbonyl (C=O) groups is 1. The third-order valence-electron chi connectivity index (χ3n) is 2.72. The van der Waals surface area contributed by atoms with Crippen LogP contribution in [-0.4, -0.2) is 29.9 Å². The van der Waals surface area contributed by atoms with Crippen LogP contribution in [0.1, 0.15) is 26.7 Å². The van der Waals surface area contributed by atoms with Crippen LogP contribution < -0.4 is 5.73 Å². The van der Waals surface area contributed by atoms with Crippen LogP contribution in [0.4, 0.5) is 0 Å². The Hall–Kier alpha value is -1.01. The molecule has 1 rings (SSSR count). The van der Waals surface area contributed by atoms with E-state index in [9.17, 15) is 4.79 Å². The van der Waals surface area contributed by atoms with Crippen LogP contribution >= 0.6 is 0 Å². The van der Waals surface area contributed by atoms with Crippen molar-refractivity contribution in [2.24, 2.45) is 11.7 Å². The van der Waals surface area contributed by atoms with E-state index in [1.54, 1.807) is 6.92 Å². The Morgan fingerprint density at radius 3 is 2.93 bits per heavy atom. The molecule has 1 heterocycles. The molecule has 0 aromatic rings.